The van der Waals surface area contributed by atoms with E-state index in [1.54, 1.807) is 20.8 Å². The fraction of sp³-hybridized carbons (Fsp3) is 0.867. The van der Waals surface area contributed by atoms with Gasteiger partial charge in [-0.15, -0.1) is 0 Å². The third-order valence-corrected chi connectivity index (χ3v) is 4.34. The lowest BCUT2D eigenvalue weighted by molar-refractivity contribution is -0.141. The maximum Gasteiger partial charge on any atom is 0.408 e. The van der Waals surface area contributed by atoms with E-state index in [2.05, 4.69) is 5.32 Å². The van der Waals surface area contributed by atoms with E-state index in [0.29, 0.717) is 5.41 Å². The highest BCUT2D eigenvalue weighted by Crippen LogP contribution is 2.58. The van der Waals surface area contributed by atoms with Crippen LogP contribution in [0.3, 0.4) is 0 Å². The Morgan fingerprint density at radius 3 is 2.45 bits per heavy atom. The van der Waals surface area contributed by atoms with Gasteiger partial charge >= 0.3 is 12.1 Å². The number of carboxylic acids is 1. The Hall–Kier alpha value is -1.26. The summed E-state index contributed by atoms with van der Waals surface area (Å²) in [5, 5.41) is 11.9. The van der Waals surface area contributed by atoms with Gasteiger partial charge in [0.05, 0.1) is 0 Å². The third kappa shape index (κ3) is 3.87. The number of carbonyl (C=O) groups excluding carboxylic acids is 1. The second-order valence-corrected chi connectivity index (χ2v) is 7.32. The lowest BCUT2D eigenvalue weighted by Crippen LogP contribution is -2.49. The quantitative estimate of drug-likeness (QED) is 0.835. The molecular weight excluding hydrogens is 258 g/mol. The average Bonchev–Trinajstić information content (AvgIpc) is 3.02. The zero-order chi connectivity index (χ0) is 15.0. The molecule has 1 unspecified atom stereocenters. The van der Waals surface area contributed by atoms with E-state index in [9.17, 15) is 14.7 Å². The van der Waals surface area contributed by atoms with Gasteiger partial charge in [-0.25, -0.2) is 9.59 Å². The van der Waals surface area contributed by atoms with Crippen molar-refractivity contribution in [3.8, 4) is 0 Å². The summed E-state index contributed by atoms with van der Waals surface area (Å²) in [6, 6.07) is -0.831. The Labute approximate surface area is 120 Å². The van der Waals surface area contributed by atoms with Gasteiger partial charge in [0.25, 0.3) is 0 Å². The zero-order valence-corrected chi connectivity index (χ0v) is 12.6. The van der Waals surface area contributed by atoms with E-state index in [4.69, 9.17) is 4.74 Å². The summed E-state index contributed by atoms with van der Waals surface area (Å²) in [5.41, 5.74) is -0.232. The molecule has 5 heteroatoms. The molecule has 2 saturated carbocycles. The molecule has 20 heavy (non-hydrogen) atoms. The number of aliphatic carboxylic acids is 1. The highest BCUT2D eigenvalue weighted by Gasteiger charge is 2.48. The molecule has 0 radical (unpaired) electrons. The van der Waals surface area contributed by atoms with Crippen LogP contribution in [0.5, 0.6) is 0 Å². The van der Waals surface area contributed by atoms with Crippen LogP contribution in [0.2, 0.25) is 0 Å². The van der Waals surface area contributed by atoms with E-state index >= 15 is 0 Å². The Bertz CT molecular complexity index is 395. The molecule has 0 saturated heterocycles. The molecule has 1 amide bonds. The molecule has 2 aliphatic carbocycles. The van der Waals surface area contributed by atoms with Crippen LogP contribution in [0.25, 0.3) is 0 Å². The van der Waals surface area contributed by atoms with Crippen LogP contribution in [0.4, 0.5) is 4.79 Å². The molecule has 0 aromatic rings. The van der Waals surface area contributed by atoms with E-state index in [1.165, 1.54) is 19.3 Å². The first-order valence-corrected chi connectivity index (χ1v) is 7.43. The first-order chi connectivity index (χ1) is 9.21. The first kappa shape index (κ1) is 15.1. The van der Waals surface area contributed by atoms with Crippen molar-refractivity contribution in [2.24, 2.45) is 11.3 Å². The molecule has 2 atom stereocenters. The number of amides is 1. The summed E-state index contributed by atoms with van der Waals surface area (Å²) in [5.74, 6) is -0.935. The van der Waals surface area contributed by atoms with Crippen molar-refractivity contribution in [1.29, 1.82) is 0 Å². The summed E-state index contributed by atoms with van der Waals surface area (Å²) in [4.78, 5) is 23.3. The van der Waals surface area contributed by atoms with Gasteiger partial charge in [0.1, 0.15) is 11.6 Å². The van der Waals surface area contributed by atoms with E-state index in [-0.39, 0.29) is 5.92 Å². The van der Waals surface area contributed by atoms with Gasteiger partial charge in [0.15, 0.2) is 0 Å². The van der Waals surface area contributed by atoms with Gasteiger partial charge in [-0.05, 0) is 64.2 Å². The molecule has 0 bridgehead atoms. The van der Waals surface area contributed by atoms with E-state index in [1.807, 2.05) is 0 Å². The number of rotatable bonds is 3. The molecule has 2 rings (SSSR count). The summed E-state index contributed by atoms with van der Waals surface area (Å²) in [6.07, 6.45) is 5.84. The van der Waals surface area contributed by atoms with Gasteiger partial charge in [0.2, 0.25) is 0 Å². The molecule has 0 aliphatic heterocycles. The number of carbonyl (C=O) groups is 2. The highest BCUT2D eigenvalue weighted by molar-refractivity contribution is 5.80. The van der Waals surface area contributed by atoms with E-state index < -0.39 is 23.7 Å². The molecular formula is C15H25NO4. The average molecular weight is 283 g/mol. The Balaban J connectivity index is 1.96. The van der Waals surface area contributed by atoms with Gasteiger partial charge in [-0.3, -0.25) is 0 Å². The minimum Gasteiger partial charge on any atom is -0.480 e. The van der Waals surface area contributed by atoms with Crippen molar-refractivity contribution >= 4 is 12.1 Å². The van der Waals surface area contributed by atoms with Crippen LogP contribution in [0, 0.1) is 11.3 Å². The monoisotopic (exact) mass is 283 g/mol. The summed E-state index contributed by atoms with van der Waals surface area (Å²) in [6.45, 7) is 5.30. The fourth-order valence-electron chi connectivity index (χ4n) is 3.23. The normalized spacial score (nSPS) is 25.9. The summed E-state index contributed by atoms with van der Waals surface area (Å²) >= 11 is 0. The largest absolute Gasteiger partial charge is 0.480 e. The molecule has 0 aromatic heterocycles. The van der Waals surface area contributed by atoms with Crippen molar-refractivity contribution < 1.29 is 19.4 Å². The molecule has 2 fully saturated rings. The molecule has 2 N–H and O–H groups in total. The maximum atomic E-state index is 11.8. The molecule has 1 spiro atoms. The van der Waals surface area contributed by atoms with Gasteiger partial charge in [0, 0.05) is 0 Å². The highest BCUT2D eigenvalue weighted by atomic mass is 16.6. The van der Waals surface area contributed by atoms with Crippen molar-refractivity contribution in [2.45, 2.75) is 70.9 Å². The van der Waals surface area contributed by atoms with Crippen LogP contribution in [-0.4, -0.2) is 28.8 Å². The van der Waals surface area contributed by atoms with Crippen LogP contribution >= 0.6 is 0 Å². The van der Waals surface area contributed by atoms with Crippen LogP contribution in [-0.2, 0) is 9.53 Å². The van der Waals surface area contributed by atoms with Crippen molar-refractivity contribution in [1.82, 2.24) is 5.32 Å². The topological polar surface area (TPSA) is 75.6 Å². The Kier molecular flexibility index (Phi) is 3.98. The van der Waals surface area contributed by atoms with Gasteiger partial charge < -0.3 is 15.2 Å². The van der Waals surface area contributed by atoms with Crippen molar-refractivity contribution in [3.05, 3.63) is 0 Å². The number of hydrogen-bond donors (Lipinski definition) is 2. The maximum absolute atomic E-state index is 11.8. The molecule has 0 heterocycles. The Morgan fingerprint density at radius 2 is 1.95 bits per heavy atom. The number of alkyl carbamates (subject to hydrolysis) is 1. The predicted molar refractivity (Wildman–Crippen MR) is 74.4 cm³/mol. The number of nitrogens with one attached hydrogen (secondary N) is 1. The van der Waals surface area contributed by atoms with Crippen LogP contribution in [0.1, 0.15) is 59.3 Å². The molecule has 0 aromatic carbocycles. The second-order valence-electron chi connectivity index (χ2n) is 7.32. The van der Waals surface area contributed by atoms with Crippen LogP contribution in [0.15, 0.2) is 0 Å². The summed E-state index contributed by atoms with van der Waals surface area (Å²) < 4.78 is 5.16. The van der Waals surface area contributed by atoms with Crippen molar-refractivity contribution in [3.63, 3.8) is 0 Å². The van der Waals surface area contributed by atoms with Crippen molar-refractivity contribution in [2.75, 3.05) is 0 Å². The summed E-state index contributed by atoms with van der Waals surface area (Å²) in [7, 11) is 0. The lowest BCUT2D eigenvalue weighted by atomic mass is 9.76. The third-order valence-electron chi connectivity index (χ3n) is 4.34. The van der Waals surface area contributed by atoms with Crippen LogP contribution < -0.4 is 5.32 Å². The zero-order valence-electron chi connectivity index (χ0n) is 12.6. The number of ether oxygens (including phenoxy) is 1. The Morgan fingerprint density at radius 1 is 1.30 bits per heavy atom. The minimum atomic E-state index is -0.960. The SMILES string of the molecule is CC(C)(C)OC(=O)NC(C(=O)O)[C@H]1CCCC2(CC2)C1. The minimum absolute atomic E-state index is 0.0243. The standard InChI is InChI=1S/C15H25NO4/c1-14(2,3)20-13(19)16-11(12(17)18)10-5-4-6-15(9-10)7-8-15/h10-11H,4-9H2,1-3H3,(H,16,19)(H,17,18)/t10-,11?/m0/s1. The fourth-order valence-corrected chi connectivity index (χ4v) is 3.23. The predicted octanol–water partition coefficient (Wildman–Crippen LogP) is 2.93. The second kappa shape index (κ2) is 5.26. The smallest absolute Gasteiger partial charge is 0.408 e. The van der Waals surface area contributed by atoms with E-state index in [0.717, 1.165) is 19.3 Å². The van der Waals surface area contributed by atoms with Gasteiger partial charge in [-0.1, -0.05) is 6.42 Å². The lowest BCUT2D eigenvalue weighted by Gasteiger charge is -2.33. The van der Waals surface area contributed by atoms with Gasteiger partial charge in [-0.2, -0.15) is 0 Å². The molecule has 5 nitrogen and oxygen atoms in total. The first-order valence-electron chi connectivity index (χ1n) is 7.43. The molecule has 2 aliphatic rings. The number of carboxylic acid groups (broad SMARTS) is 1. The molecule has 114 valence electrons. The number of hydrogen-bond acceptors (Lipinski definition) is 3.